The molecule has 2 unspecified atom stereocenters. The van der Waals surface area contributed by atoms with Crippen molar-refractivity contribution in [2.45, 2.75) is 50.1 Å². The van der Waals surface area contributed by atoms with Gasteiger partial charge in [-0.2, -0.15) is 4.72 Å². The quantitative estimate of drug-likeness (QED) is 0.406. The van der Waals surface area contributed by atoms with E-state index in [9.17, 15) is 22.8 Å². The summed E-state index contributed by atoms with van der Waals surface area (Å²) in [6, 6.07) is 9.92. The standard InChI is InChI=1S/C23H30N4O5S/c1-14(2)11-20(23(30)26-19(21(24)28)13-17-9-10-25-22(17)29)27-33(31,32)18-8-7-15-5-3-4-6-16(15)12-18/h3-8,12,14,17,19-20,27H,9-11,13H2,1-2H3,(H2,24,28)(H,25,29)(H,26,30)/t17-,19?,20?/m0/s1. The highest BCUT2D eigenvalue weighted by Crippen LogP contribution is 2.20. The van der Waals surface area contributed by atoms with Crippen LogP contribution in [0.15, 0.2) is 47.4 Å². The Morgan fingerprint density at radius 1 is 1.12 bits per heavy atom. The molecule has 9 nitrogen and oxygen atoms in total. The SMILES string of the molecule is CC(C)CC(NS(=O)(=O)c1ccc2ccccc2c1)C(=O)NC(C[C@@H]1CCNC1=O)C(N)=O. The Balaban J connectivity index is 1.78. The second-order valence-electron chi connectivity index (χ2n) is 8.79. The molecule has 33 heavy (non-hydrogen) atoms. The fraction of sp³-hybridized carbons (Fsp3) is 0.435. The number of carbonyl (C=O) groups excluding carboxylic acids is 3. The van der Waals surface area contributed by atoms with Crippen LogP contribution in [0.2, 0.25) is 0 Å². The van der Waals surface area contributed by atoms with Gasteiger partial charge in [-0.25, -0.2) is 8.42 Å². The minimum atomic E-state index is -4.02. The molecule has 0 aromatic heterocycles. The molecule has 0 aliphatic carbocycles. The van der Waals surface area contributed by atoms with E-state index in [1.165, 1.54) is 6.07 Å². The number of nitrogens with one attached hydrogen (secondary N) is 3. The number of hydrogen-bond donors (Lipinski definition) is 4. The maximum absolute atomic E-state index is 13.1. The molecule has 1 aliphatic rings. The first-order valence-electron chi connectivity index (χ1n) is 11.0. The number of primary amides is 1. The molecular formula is C23H30N4O5S. The normalized spacial score (nSPS) is 18.2. The monoisotopic (exact) mass is 474 g/mol. The summed E-state index contributed by atoms with van der Waals surface area (Å²) in [5.41, 5.74) is 5.46. The number of nitrogens with two attached hydrogens (primary N) is 1. The van der Waals surface area contributed by atoms with Gasteiger partial charge in [0, 0.05) is 12.5 Å². The predicted octanol–water partition coefficient (Wildman–Crippen LogP) is 1.03. The van der Waals surface area contributed by atoms with Crippen molar-refractivity contribution in [2.75, 3.05) is 6.54 Å². The van der Waals surface area contributed by atoms with Crippen LogP contribution in [-0.2, 0) is 24.4 Å². The number of amides is 3. The van der Waals surface area contributed by atoms with Crippen molar-refractivity contribution < 1.29 is 22.8 Å². The van der Waals surface area contributed by atoms with E-state index in [-0.39, 0.29) is 29.6 Å². The Morgan fingerprint density at radius 3 is 2.42 bits per heavy atom. The highest BCUT2D eigenvalue weighted by Gasteiger charge is 2.33. The highest BCUT2D eigenvalue weighted by molar-refractivity contribution is 7.89. The molecule has 1 heterocycles. The zero-order valence-electron chi connectivity index (χ0n) is 18.7. The largest absolute Gasteiger partial charge is 0.368 e. The average Bonchev–Trinajstić information content (AvgIpc) is 3.16. The molecule has 1 fully saturated rings. The van der Waals surface area contributed by atoms with Crippen molar-refractivity contribution in [1.82, 2.24) is 15.4 Å². The molecule has 0 bridgehead atoms. The Kier molecular flexibility index (Phi) is 7.70. The smallest absolute Gasteiger partial charge is 0.241 e. The summed E-state index contributed by atoms with van der Waals surface area (Å²) in [6.45, 7) is 4.22. The third-order valence-electron chi connectivity index (χ3n) is 5.70. The summed E-state index contributed by atoms with van der Waals surface area (Å²) >= 11 is 0. The summed E-state index contributed by atoms with van der Waals surface area (Å²) in [4.78, 5) is 36.9. The van der Waals surface area contributed by atoms with Crippen LogP contribution < -0.4 is 21.1 Å². The predicted molar refractivity (Wildman–Crippen MR) is 124 cm³/mol. The van der Waals surface area contributed by atoms with Crippen molar-refractivity contribution in [3.8, 4) is 0 Å². The molecular weight excluding hydrogens is 444 g/mol. The van der Waals surface area contributed by atoms with Crippen molar-refractivity contribution >= 4 is 38.5 Å². The third kappa shape index (κ3) is 6.29. The zero-order chi connectivity index (χ0) is 24.2. The van der Waals surface area contributed by atoms with Crippen molar-refractivity contribution in [2.24, 2.45) is 17.6 Å². The Labute approximate surface area is 193 Å². The highest BCUT2D eigenvalue weighted by atomic mass is 32.2. The van der Waals surface area contributed by atoms with Gasteiger partial charge in [-0.1, -0.05) is 44.2 Å². The Bertz CT molecular complexity index is 1150. The first-order chi connectivity index (χ1) is 15.6. The van der Waals surface area contributed by atoms with Crippen molar-refractivity contribution in [1.29, 1.82) is 0 Å². The molecule has 1 saturated heterocycles. The molecule has 3 amide bonds. The van der Waals surface area contributed by atoms with Gasteiger partial charge in [-0.15, -0.1) is 0 Å². The van der Waals surface area contributed by atoms with E-state index in [4.69, 9.17) is 5.73 Å². The van der Waals surface area contributed by atoms with Crippen LogP contribution in [0.1, 0.15) is 33.1 Å². The van der Waals surface area contributed by atoms with Gasteiger partial charge in [0.2, 0.25) is 27.7 Å². The molecule has 3 atom stereocenters. The average molecular weight is 475 g/mol. The fourth-order valence-electron chi connectivity index (χ4n) is 3.94. The summed E-state index contributed by atoms with van der Waals surface area (Å²) in [6.07, 6.45) is 0.829. The molecule has 2 aromatic carbocycles. The molecule has 2 aromatic rings. The van der Waals surface area contributed by atoms with Crippen LogP contribution in [0, 0.1) is 11.8 Å². The molecule has 0 saturated carbocycles. The maximum Gasteiger partial charge on any atom is 0.241 e. The van der Waals surface area contributed by atoms with Crippen LogP contribution in [-0.4, -0.2) is 44.8 Å². The number of rotatable bonds is 10. The van der Waals surface area contributed by atoms with Gasteiger partial charge in [-0.05, 0) is 48.1 Å². The van der Waals surface area contributed by atoms with Gasteiger partial charge < -0.3 is 16.4 Å². The van der Waals surface area contributed by atoms with Crippen LogP contribution >= 0.6 is 0 Å². The van der Waals surface area contributed by atoms with Crippen molar-refractivity contribution in [3.05, 3.63) is 42.5 Å². The lowest BCUT2D eigenvalue weighted by Crippen LogP contribution is -2.53. The minimum Gasteiger partial charge on any atom is -0.368 e. The van der Waals surface area contributed by atoms with Gasteiger partial charge in [0.05, 0.1) is 4.90 Å². The number of benzene rings is 2. The molecule has 178 valence electrons. The summed E-state index contributed by atoms with van der Waals surface area (Å²) in [7, 11) is -4.02. The lowest BCUT2D eigenvalue weighted by molar-refractivity contribution is -0.130. The van der Waals surface area contributed by atoms with E-state index in [1.807, 2.05) is 38.1 Å². The molecule has 1 aliphatic heterocycles. The van der Waals surface area contributed by atoms with E-state index >= 15 is 0 Å². The Morgan fingerprint density at radius 2 is 1.82 bits per heavy atom. The van der Waals surface area contributed by atoms with Crippen LogP contribution in [0.25, 0.3) is 10.8 Å². The number of hydrogen-bond acceptors (Lipinski definition) is 5. The van der Waals surface area contributed by atoms with E-state index < -0.39 is 39.8 Å². The number of sulfonamides is 1. The van der Waals surface area contributed by atoms with Crippen LogP contribution in [0.3, 0.4) is 0 Å². The molecule has 5 N–H and O–H groups in total. The molecule has 0 radical (unpaired) electrons. The van der Waals surface area contributed by atoms with E-state index in [0.717, 1.165) is 10.8 Å². The van der Waals surface area contributed by atoms with E-state index in [2.05, 4.69) is 15.4 Å². The van der Waals surface area contributed by atoms with Gasteiger partial charge in [0.1, 0.15) is 12.1 Å². The molecule has 10 heteroatoms. The Hall–Kier alpha value is -2.98. The molecule has 0 spiro atoms. The summed E-state index contributed by atoms with van der Waals surface area (Å²) in [5, 5.41) is 6.89. The lowest BCUT2D eigenvalue weighted by atomic mass is 9.97. The second-order valence-corrected chi connectivity index (χ2v) is 10.5. The topological polar surface area (TPSA) is 147 Å². The van der Waals surface area contributed by atoms with Gasteiger partial charge in [0.25, 0.3) is 0 Å². The maximum atomic E-state index is 13.1. The van der Waals surface area contributed by atoms with Gasteiger partial charge >= 0.3 is 0 Å². The number of fused-ring (bicyclic) bond motifs is 1. The summed E-state index contributed by atoms with van der Waals surface area (Å²) in [5.74, 6) is -2.06. The third-order valence-corrected chi connectivity index (χ3v) is 7.16. The van der Waals surface area contributed by atoms with Crippen LogP contribution in [0.4, 0.5) is 0 Å². The molecule has 3 rings (SSSR count). The fourth-order valence-corrected chi connectivity index (χ4v) is 5.19. The first-order valence-corrected chi connectivity index (χ1v) is 12.4. The second kappa shape index (κ2) is 10.3. The van der Waals surface area contributed by atoms with E-state index in [0.29, 0.717) is 13.0 Å². The van der Waals surface area contributed by atoms with E-state index in [1.54, 1.807) is 12.1 Å². The zero-order valence-corrected chi connectivity index (χ0v) is 19.5. The summed E-state index contributed by atoms with van der Waals surface area (Å²) < 4.78 is 28.6. The van der Waals surface area contributed by atoms with Gasteiger partial charge in [0.15, 0.2) is 0 Å². The lowest BCUT2D eigenvalue weighted by Gasteiger charge is -2.24. The van der Waals surface area contributed by atoms with Crippen molar-refractivity contribution in [3.63, 3.8) is 0 Å². The first kappa shape index (κ1) is 24.7. The van der Waals surface area contributed by atoms with Crippen LogP contribution in [0.5, 0.6) is 0 Å². The number of carbonyl (C=O) groups is 3. The minimum absolute atomic E-state index is 0.00677. The van der Waals surface area contributed by atoms with Gasteiger partial charge in [-0.3, -0.25) is 14.4 Å².